The summed E-state index contributed by atoms with van der Waals surface area (Å²) in [6.45, 7) is 2.75. The standard InChI is InChI=1S/C5H8N2O.C2H4O2/c1-4(8)5-6-2-3-7-5;1-2(3)4/h2-4,8H,1H3,(H,6,7);1H3,(H,3,4). The van der Waals surface area contributed by atoms with Crippen LogP contribution < -0.4 is 0 Å². The van der Waals surface area contributed by atoms with Crippen molar-refractivity contribution in [3.63, 3.8) is 0 Å². The summed E-state index contributed by atoms with van der Waals surface area (Å²) in [6, 6.07) is 0. The Labute approximate surface area is 70.1 Å². The summed E-state index contributed by atoms with van der Waals surface area (Å²) in [4.78, 5) is 15.6. The van der Waals surface area contributed by atoms with Gasteiger partial charge in [-0.1, -0.05) is 0 Å². The normalized spacial score (nSPS) is 11.2. The molecule has 0 aromatic carbocycles. The molecule has 68 valence electrons. The molecule has 12 heavy (non-hydrogen) atoms. The summed E-state index contributed by atoms with van der Waals surface area (Å²) in [5.41, 5.74) is 0. The Morgan fingerprint density at radius 3 is 2.42 bits per heavy atom. The number of nitrogens with one attached hydrogen (secondary N) is 1. The van der Waals surface area contributed by atoms with Crippen LogP contribution in [-0.2, 0) is 4.79 Å². The maximum atomic E-state index is 9.00. The Bertz CT molecular complexity index is 215. The minimum Gasteiger partial charge on any atom is -0.481 e. The van der Waals surface area contributed by atoms with Crippen LogP contribution in [0.5, 0.6) is 0 Å². The first-order valence-electron chi connectivity index (χ1n) is 3.41. The van der Waals surface area contributed by atoms with Crippen molar-refractivity contribution >= 4 is 5.97 Å². The summed E-state index contributed by atoms with van der Waals surface area (Å²) in [7, 11) is 0. The van der Waals surface area contributed by atoms with E-state index in [0.717, 1.165) is 6.92 Å². The summed E-state index contributed by atoms with van der Waals surface area (Å²) >= 11 is 0. The number of carboxylic acids is 1. The molecule has 0 saturated heterocycles. The molecular weight excluding hydrogens is 160 g/mol. The Balaban J connectivity index is 0.000000261. The predicted molar refractivity (Wildman–Crippen MR) is 42.5 cm³/mol. The van der Waals surface area contributed by atoms with Crippen molar-refractivity contribution in [3.05, 3.63) is 18.2 Å². The minimum absolute atomic E-state index is 0.481. The lowest BCUT2D eigenvalue weighted by molar-refractivity contribution is -0.134. The van der Waals surface area contributed by atoms with Crippen LogP contribution in [0.15, 0.2) is 12.4 Å². The molecule has 0 spiro atoms. The van der Waals surface area contributed by atoms with Crippen LogP contribution in [0.25, 0.3) is 0 Å². The second-order valence-corrected chi connectivity index (χ2v) is 2.17. The van der Waals surface area contributed by atoms with Crippen LogP contribution in [0.4, 0.5) is 0 Å². The molecule has 1 unspecified atom stereocenters. The fraction of sp³-hybridized carbons (Fsp3) is 0.429. The third-order valence-corrected chi connectivity index (χ3v) is 0.915. The molecule has 1 rings (SSSR count). The number of rotatable bonds is 1. The van der Waals surface area contributed by atoms with Gasteiger partial charge < -0.3 is 15.2 Å². The first kappa shape index (κ1) is 10.6. The van der Waals surface area contributed by atoms with E-state index in [1.54, 1.807) is 19.3 Å². The van der Waals surface area contributed by atoms with Gasteiger partial charge in [-0.25, -0.2) is 4.98 Å². The molecule has 0 radical (unpaired) electrons. The van der Waals surface area contributed by atoms with Gasteiger partial charge in [0.1, 0.15) is 11.9 Å². The van der Waals surface area contributed by atoms with Crippen molar-refractivity contribution in [2.24, 2.45) is 0 Å². The van der Waals surface area contributed by atoms with E-state index < -0.39 is 12.1 Å². The highest BCUT2D eigenvalue weighted by Crippen LogP contribution is 2.01. The monoisotopic (exact) mass is 172 g/mol. The van der Waals surface area contributed by atoms with Gasteiger partial charge in [-0.15, -0.1) is 0 Å². The van der Waals surface area contributed by atoms with E-state index in [1.165, 1.54) is 0 Å². The molecule has 0 fully saturated rings. The average Bonchev–Trinajstić information content (AvgIpc) is 2.34. The van der Waals surface area contributed by atoms with Gasteiger partial charge >= 0.3 is 0 Å². The van der Waals surface area contributed by atoms with Crippen molar-refractivity contribution in [1.29, 1.82) is 0 Å². The van der Waals surface area contributed by atoms with E-state index in [2.05, 4.69) is 9.97 Å². The number of aromatic nitrogens is 2. The van der Waals surface area contributed by atoms with Crippen LogP contribution >= 0.6 is 0 Å². The SMILES string of the molecule is CC(=O)O.CC(O)c1ncc[nH]1. The maximum Gasteiger partial charge on any atom is 0.300 e. The zero-order valence-electron chi connectivity index (χ0n) is 6.98. The number of carbonyl (C=O) groups is 1. The average molecular weight is 172 g/mol. The fourth-order valence-electron chi connectivity index (χ4n) is 0.506. The van der Waals surface area contributed by atoms with E-state index in [4.69, 9.17) is 15.0 Å². The third kappa shape index (κ3) is 5.43. The van der Waals surface area contributed by atoms with Gasteiger partial charge in [0.15, 0.2) is 0 Å². The summed E-state index contributed by atoms with van der Waals surface area (Å²) in [5, 5.41) is 16.2. The zero-order chi connectivity index (χ0) is 9.56. The number of nitrogens with zero attached hydrogens (tertiary/aromatic N) is 1. The molecule has 0 amide bonds. The summed E-state index contributed by atoms with van der Waals surface area (Å²) < 4.78 is 0. The number of H-pyrrole nitrogens is 1. The maximum absolute atomic E-state index is 9.00. The third-order valence-electron chi connectivity index (χ3n) is 0.915. The number of hydrogen-bond acceptors (Lipinski definition) is 3. The van der Waals surface area contributed by atoms with E-state index in [1.807, 2.05) is 0 Å². The number of aliphatic hydroxyl groups is 1. The van der Waals surface area contributed by atoms with Crippen molar-refractivity contribution in [1.82, 2.24) is 9.97 Å². The van der Waals surface area contributed by atoms with Gasteiger partial charge in [-0.3, -0.25) is 4.79 Å². The molecule has 5 heteroatoms. The molecule has 0 saturated carbocycles. The Kier molecular flexibility index (Phi) is 4.71. The molecule has 1 atom stereocenters. The van der Waals surface area contributed by atoms with Crippen molar-refractivity contribution < 1.29 is 15.0 Å². The summed E-state index contributed by atoms with van der Waals surface area (Å²) in [5.74, 6) is -0.218. The molecule has 0 bridgehead atoms. The number of imidazole rings is 1. The van der Waals surface area contributed by atoms with Crippen molar-refractivity contribution in [2.75, 3.05) is 0 Å². The topological polar surface area (TPSA) is 86.2 Å². The molecular formula is C7H12N2O3. The highest BCUT2D eigenvalue weighted by molar-refractivity contribution is 5.62. The van der Waals surface area contributed by atoms with E-state index in [0.29, 0.717) is 5.82 Å². The van der Waals surface area contributed by atoms with Crippen LogP contribution in [0.3, 0.4) is 0 Å². The van der Waals surface area contributed by atoms with Gasteiger partial charge in [0.25, 0.3) is 5.97 Å². The van der Waals surface area contributed by atoms with Gasteiger partial charge in [-0.05, 0) is 6.92 Å². The fourth-order valence-corrected chi connectivity index (χ4v) is 0.506. The smallest absolute Gasteiger partial charge is 0.300 e. The van der Waals surface area contributed by atoms with Crippen LogP contribution in [-0.4, -0.2) is 26.2 Å². The number of aromatic amines is 1. The van der Waals surface area contributed by atoms with E-state index in [-0.39, 0.29) is 0 Å². The second-order valence-electron chi connectivity index (χ2n) is 2.17. The molecule has 0 aliphatic heterocycles. The molecule has 0 aliphatic rings. The van der Waals surface area contributed by atoms with Gasteiger partial charge in [0, 0.05) is 19.3 Å². The first-order chi connectivity index (χ1) is 5.54. The number of carboxylic acid groups (broad SMARTS) is 1. The quantitative estimate of drug-likeness (QED) is 0.577. The van der Waals surface area contributed by atoms with Crippen molar-refractivity contribution in [2.45, 2.75) is 20.0 Å². The van der Waals surface area contributed by atoms with Gasteiger partial charge in [0.05, 0.1) is 0 Å². The largest absolute Gasteiger partial charge is 0.481 e. The van der Waals surface area contributed by atoms with Gasteiger partial charge in [-0.2, -0.15) is 0 Å². The highest BCUT2D eigenvalue weighted by atomic mass is 16.4. The van der Waals surface area contributed by atoms with E-state index >= 15 is 0 Å². The lowest BCUT2D eigenvalue weighted by Gasteiger charge is -1.94. The Morgan fingerprint density at radius 2 is 2.25 bits per heavy atom. The van der Waals surface area contributed by atoms with Crippen molar-refractivity contribution in [3.8, 4) is 0 Å². The molecule has 5 nitrogen and oxygen atoms in total. The molecule has 1 aromatic rings. The lowest BCUT2D eigenvalue weighted by atomic mass is 10.4. The number of hydrogen-bond donors (Lipinski definition) is 3. The van der Waals surface area contributed by atoms with Crippen LogP contribution in [0.1, 0.15) is 25.8 Å². The second kappa shape index (κ2) is 5.31. The summed E-state index contributed by atoms with van der Waals surface area (Å²) in [6.07, 6.45) is 2.81. The zero-order valence-corrected chi connectivity index (χ0v) is 6.98. The van der Waals surface area contributed by atoms with Gasteiger partial charge in [0.2, 0.25) is 0 Å². The minimum atomic E-state index is -0.833. The molecule has 0 aliphatic carbocycles. The Morgan fingerprint density at radius 1 is 1.75 bits per heavy atom. The predicted octanol–water partition coefficient (Wildman–Crippen LogP) is 0.554. The molecule has 1 aromatic heterocycles. The lowest BCUT2D eigenvalue weighted by Crippen LogP contribution is -1.91. The molecule has 3 N–H and O–H groups in total. The number of aliphatic carboxylic acids is 1. The molecule has 1 heterocycles. The first-order valence-corrected chi connectivity index (χ1v) is 3.41. The Hall–Kier alpha value is -1.36. The highest BCUT2D eigenvalue weighted by Gasteiger charge is 1.98. The van der Waals surface area contributed by atoms with Crippen LogP contribution in [0.2, 0.25) is 0 Å². The number of aliphatic hydroxyl groups excluding tert-OH is 1. The van der Waals surface area contributed by atoms with Crippen LogP contribution in [0, 0.1) is 0 Å². The van der Waals surface area contributed by atoms with E-state index in [9.17, 15) is 0 Å².